The highest BCUT2D eigenvalue weighted by Crippen LogP contribution is 2.29. The lowest BCUT2D eigenvalue weighted by Crippen LogP contribution is -2.47. The normalized spacial score (nSPS) is 23.3. The molecule has 0 bridgehead atoms. The predicted molar refractivity (Wildman–Crippen MR) is 115 cm³/mol. The fourth-order valence-corrected chi connectivity index (χ4v) is 4.55. The van der Waals surface area contributed by atoms with Gasteiger partial charge in [-0.1, -0.05) is 17.3 Å². The van der Waals surface area contributed by atoms with Crippen LogP contribution in [0.4, 0.5) is 10.6 Å². The van der Waals surface area contributed by atoms with Crippen LogP contribution in [0.25, 0.3) is 11.0 Å². The molecule has 158 valence electrons. The van der Waals surface area contributed by atoms with Crippen LogP contribution in [0.3, 0.4) is 0 Å². The van der Waals surface area contributed by atoms with E-state index in [4.69, 9.17) is 4.52 Å². The van der Waals surface area contributed by atoms with Crippen molar-refractivity contribution < 1.29 is 9.32 Å². The molecule has 1 aliphatic heterocycles. The van der Waals surface area contributed by atoms with Crippen LogP contribution in [-0.2, 0) is 0 Å². The molecule has 1 aromatic heterocycles. The van der Waals surface area contributed by atoms with Gasteiger partial charge < -0.3 is 19.6 Å². The third kappa shape index (κ3) is 4.83. The Hall–Kier alpha value is -2.28. The SMILES string of the molecule is CN(C)C(=O)NC1CCC(CCN2CCN(c3noc4ccccc34)CC2)CC1. The number of amides is 2. The number of urea groups is 1. The molecule has 7 heteroatoms. The second-order valence-electron chi connectivity index (χ2n) is 8.68. The van der Waals surface area contributed by atoms with Gasteiger partial charge in [0.25, 0.3) is 0 Å². The number of nitrogens with zero attached hydrogens (tertiary/aromatic N) is 4. The smallest absolute Gasteiger partial charge is 0.317 e. The van der Waals surface area contributed by atoms with Crippen LogP contribution in [-0.4, -0.2) is 73.8 Å². The van der Waals surface area contributed by atoms with E-state index < -0.39 is 0 Å². The molecule has 29 heavy (non-hydrogen) atoms. The molecule has 0 unspecified atom stereocenters. The fraction of sp³-hybridized carbons (Fsp3) is 0.636. The lowest BCUT2D eigenvalue weighted by Gasteiger charge is -2.36. The van der Waals surface area contributed by atoms with Crippen molar-refractivity contribution in [3.8, 4) is 0 Å². The Morgan fingerprint density at radius 2 is 1.86 bits per heavy atom. The largest absolute Gasteiger partial charge is 0.354 e. The molecule has 2 heterocycles. The van der Waals surface area contributed by atoms with Gasteiger partial charge in [0.2, 0.25) is 0 Å². The maximum Gasteiger partial charge on any atom is 0.317 e. The maximum atomic E-state index is 11.8. The molecule has 0 spiro atoms. The summed E-state index contributed by atoms with van der Waals surface area (Å²) >= 11 is 0. The summed E-state index contributed by atoms with van der Waals surface area (Å²) in [5, 5.41) is 8.54. The molecular formula is C22H33N5O2. The lowest BCUT2D eigenvalue weighted by atomic mass is 9.84. The zero-order valence-corrected chi connectivity index (χ0v) is 17.6. The number of piperazine rings is 1. The average Bonchev–Trinajstić information content (AvgIpc) is 3.18. The zero-order valence-electron chi connectivity index (χ0n) is 17.6. The molecule has 1 saturated heterocycles. The molecular weight excluding hydrogens is 366 g/mol. The van der Waals surface area contributed by atoms with E-state index in [1.165, 1.54) is 25.8 Å². The second-order valence-corrected chi connectivity index (χ2v) is 8.68. The predicted octanol–water partition coefficient (Wildman–Crippen LogP) is 3.17. The highest BCUT2D eigenvalue weighted by Gasteiger charge is 2.25. The summed E-state index contributed by atoms with van der Waals surface area (Å²) in [6, 6.07) is 8.47. The van der Waals surface area contributed by atoms with E-state index in [0.717, 1.165) is 61.7 Å². The number of rotatable bonds is 5. The van der Waals surface area contributed by atoms with Crippen molar-refractivity contribution in [1.29, 1.82) is 0 Å². The summed E-state index contributed by atoms with van der Waals surface area (Å²) in [6.07, 6.45) is 5.93. The lowest BCUT2D eigenvalue weighted by molar-refractivity contribution is 0.194. The first-order chi connectivity index (χ1) is 14.1. The Kier molecular flexibility index (Phi) is 6.23. The van der Waals surface area contributed by atoms with E-state index >= 15 is 0 Å². The number of carbonyl (C=O) groups is 1. The van der Waals surface area contributed by atoms with Gasteiger partial charge in [0, 0.05) is 46.3 Å². The van der Waals surface area contributed by atoms with Crippen LogP contribution in [0.15, 0.2) is 28.8 Å². The van der Waals surface area contributed by atoms with Gasteiger partial charge in [-0.2, -0.15) is 0 Å². The average molecular weight is 400 g/mol. The maximum absolute atomic E-state index is 11.8. The number of hydrogen-bond acceptors (Lipinski definition) is 5. The molecule has 1 saturated carbocycles. The molecule has 0 atom stereocenters. The summed E-state index contributed by atoms with van der Waals surface area (Å²) in [6.45, 7) is 5.33. The van der Waals surface area contributed by atoms with Crippen molar-refractivity contribution in [3.05, 3.63) is 24.3 Å². The van der Waals surface area contributed by atoms with Gasteiger partial charge in [-0.3, -0.25) is 4.90 Å². The molecule has 1 N–H and O–H groups in total. The van der Waals surface area contributed by atoms with Gasteiger partial charge in [0.15, 0.2) is 11.4 Å². The van der Waals surface area contributed by atoms with E-state index in [1.807, 2.05) is 18.2 Å². The van der Waals surface area contributed by atoms with E-state index in [-0.39, 0.29) is 6.03 Å². The highest BCUT2D eigenvalue weighted by atomic mass is 16.5. The van der Waals surface area contributed by atoms with Crippen LogP contribution < -0.4 is 10.2 Å². The number of nitrogens with one attached hydrogen (secondary N) is 1. The van der Waals surface area contributed by atoms with Crippen molar-refractivity contribution in [2.45, 2.75) is 38.1 Å². The van der Waals surface area contributed by atoms with Crippen molar-refractivity contribution in [1.82, 2.24) is 20.3 Å². The number of para-hydroxylation sites is 1. The summed E-state index contributed by atoms with van der Waals surface area (Å²) in [7, 11) is 3.59. The van der Waals surface area contributed by atoms with E-state index in [0.29, 0.717) is 6.04 Å². The van der Waals surface area contributed by atoms with Crippen LogP contribution in [0.2, 0.25) is 0 Å². The van der Waals surface area contributed by atoms with Crippen LogP contribution >= 0.6 is 0 Å². The molecule has 7 nitrogen and oxygen atoms in total. The monoisotopic (exact) mass is 399 g/mol. The summed E-state index contributed by atoms with van der Waals surface area (Å²) in [5.74, 6) is 1.78. The zero-order chi connectivity index (χ0) is 20.2. The van der Waals surface area contributed by atoms with Gasteiger partial charge in [-0.05, 0) is 56.7 Å². The molecule has 2 amide bonds. The molecule has 1 aromatic carbocycles. The molecule has 2 aliphatic rings. The summed E-state index contributed by atoms with van der Waals surface area (Å²) in [4.78, 5) is 18.4. The first-order valence-corrected chi connectivity index (χ1v) is 10.9. The molecule has 2 aromatic rings. The number of anilines is 1. The first-order valence-electron chi connectivity index (χ1n) is 10.9. The minimum Gasteiger partial charge on any atom is -0.354 e. The summed E-state index contributed by atoms with van der Waals surface area (Å²) in [5.41, 5.74) is 0.863. The quantitative estimate of drug-likeness (QED) is 0.837. The standard InChI is InChI=1S/C22H33N5O2/c1-25(2)22(28)23-18-9-7-17(8-10-18)11-12-26-13-15-27(16-14-26)21-19-5-3-4-6-20(19)29-24-21/h3-6,17-18H,7-16H2,1-2H3,(H,23,28). The Morgan fingerprint density at radius 1 is 1.14 bits per heavy atom. The molecule has 0 radical (unpaired) electrons. The van der Waals surface area contributed by atoms with Gasteiger partial charge in [0.05, 0.1) is 5.39 Å². The topological polar surface area (TPSA) is 64.9 Å². The van der Waals surface area contributed by atoms with Gasteiger partial charge in [0.1, 0.15) is 0 Å². The number of hydrogen-bond donors (Lipinski definition) is 1. The Morgan fingerprint density at radius 3 is 2.59 bits per heavy atom. The van der Waals surface area contributed by atoms with Crippen molar-refractivity contribution >= 4 is 22.8 Å². The molecule has 4 rings (SSSR count). The van der Waals surface area contributed by atoms with Gasteiger partial charge in [-0.25, -0.2) is 4.79 Å². The Balaban J connectivity index is 1.18. The third-order valence-electron chi connectivity index (χ3n) is 6.46. The minimum absolute atomic E-state index is 0.0335. The Labute approximate surface area is 173 Å². The van der Waals surface area contributed by atoms with Crippen LogP contribution in [0, 0.1) is 5.92 Å². The first kappa shape index (κ1) is 20.0. The van der Waals surface area contributed by atoms with Gasteiger partial charge >= 0.3 is 6.03 Å². The molecule has 1 aliphatic carbocycles. The van der Waals surface area contributed by atoms with Gasteiger partial charge in [-0.15, -0.1) is 0 Å². The van der Waals surface area contributed by atoms with Crippen molar-refractivity contribution in [2.24, 2.45) is 5.92 Å². The number of fused-ring (bicyclic) bond motifs is 1. The van der Waals surface area contributed by atoms with Crippen molar-refractivity contribution in [3.63, 3.8) is 0 Å². The second kappa shape index (κ2) is 9.03. The number of benzene rings is 1. The summed E-state index contributed by atoms with van der Waals surface area (Å²) < 4.78 is 5.47. The Bertz CT molecular complexity index is 804. The van der Waals surface area contributed by atoms with E-state index in [2.05, 4.69) is 26.3 Å². The van der Waals surface area contributed by atoms with Crippen molar-refractivity contribution in [2.75, 3.05) is 51.7 Å². The van der Waals surface area contributed by atoms with Crippen LogP contribution in [0.5, 0.6) is 0 Å². The highest BCUT2D eigenvalue weighted by molar-refractivity contribution is 5.88. The number of carbonyl (C=O) groups excluding carboxylic acids is 1. The van der Waals surface area contributed by atoms with Crippen LogP contribution in [0.1, 0.15) is 32.1 Å². The third-order valence-corrected chi connectivity index (χ3v) is 6.46. The number of aromatic nitrogens is 1. The minimum atomic E-state index is 0.0335. The van der Waals surface area contributed by atoms with E-state index in [9.17, 15) is 4.79 Å². The molecule has 2 fully saturated rings. The van der Waals surface area contributed by atoms with E-state index in [1.54, 1.807) is 19.0 Å². The fourth-order valence-electron chi connectivity index (χ4n) is 4.55.